The first-order valence-corrected chi connectivity index (χ1v) is 8.04. The van der Waals surface area contributed by atoms with Gasteiger partial charge in [0.15, 0.2) is 0 Å². The summed E-state index contributed by atoms with van der Waals surface area (Å²) in [5.41, 5.74) is -0.0137. The maximum absolute atomic E-state index is 5.83. The molecule has 0 atom stereocenters. The molecular weight excluding hydrogens is 274 g/mol. The van der Waals surface area contributed by atoms with Gasteiger partial charge in [0.1, 0.15) is 12.4 Å². The van der Waals surface area contributed by atoms with Crippen LogP contribution in [0.5, 0.6) is 5.75 Å². The van der Waals surface area contributed by atoms with Gasteiger partial charge in [0, 0.05) is 24.5 Å². The van der Waals surface area contributed by atoms with Crippen LogP contribution >= 0.6 is 0 Å². The molecule has 0 aliphatic heterocycles. The van der Waals surface area contributed by atoms with Crippen molar-refractivity contribution in [3.05, 3.63) is 49.1 Å². The van der Waals surface area contributed by atoms with Crippen LogP contribution in [0.1, 0.15) is 33.1 Å². The number of imidazole rings is 1. The summed E-state index contributed by atoms with van der Waals surface area (Å²) >= 11 is 0. The van der Waals surface area contributed by atoms with E-state index in [1.54, 1.807) is 0 Å². The van der Waals surface area contributed by atoms with Crippen molar-refractivity contribution in [3.8, 4) is 5.75 Å². The molecule has 1 aromatic heterocycles. The minimum atomic E-state index is -0.0137. The van der Waals surface area contributed by atoms with Gasteiger partial charge < -0.3 is 14.6 Å². The first-order chi connectivity index (χ1) is 10.7. The Morgan fingerprint density at radius 3 is 2.68 bits per heavy atom. The Morgan fingerprint density at radius 2 is 1.95 bits per heavy atom. The lowest BCUT2D eigenvalue weighted by atomic mass is 10.1. The lowest BCUT2D eigenvalue weighted by Gasteiger charge is -2.26. The molecule has 2 rings (SSSR count). The number of rotatable bonds is 10. The van der Waals surface area contributed by atoms with Crippen LogP contribution in [0, 0.1) is 0 Å². The van der Waals surface area contributed by atoms with E-state index in [1.807, 2.05) is 49.1 Å². The third-order valence-corrected chi connectivity index (χ3v) is 3.60. The van der Waals surface area contributed by atoms with Crippen molar-refractivity contribution in [2.45, 2.75) is 45.2 Å². The monoisotopic (exact) mass is 301 g/mol. The molecule has 0 unspecified atom stereocenters. The Bertz CT molecular complexity index is 508. The number of nitrogens with one attached hydrogen (secondary N) is 1. The smallest absolute Gasteiger partial charge is 0.119 e. The standard InChI is InChI=1S/C18H27N3O/c1-18(2,15-22-17-9-5-3-6-10-17)20-11-7-4-8-13-21-14-12-19-16-21/h3,5-6,9-10,12,14,16,20H,4,7-8,11,13,15H2,1-2H3. The van der Waals surface area contributed by atoms with E-state index in [2.05, 4.69) is 28.7 Å². The molecule has 120 valence electrons. The molecule has 0 amide bonds. The second kappa shape index (κ2) is 8.59. The van der Waals surface area contributed by atoms with E-state index < -0.39 is 0 Å². The molecule has 0 fully saturated rings. The molecule has 0 saturated carbocycles. The van der Waals surface area contributed by atoms with Crippen LogP contribution in [0.25, 0.3) is 0 Å². The lowest BCUT2D eigenvalue weighted by molar-refractivity contribution is 0.208. The van der Waals surface area contributed by atoms with Gasteiger partial charge in [0.2, 0.25) is 0 Å². The van der Waals surface area contributed by atoms with Crippen LogP contribution in [-0.2, 0) is 6.54 Å². The Morgan fingerprint density at radius 1 is 1.14 bits per heavy atom. The highest BCUT2D eigenvalue weighted by Gasteiger charge is 2.17. The highest BCUT2D eigenvalue weighted by atomic mass is 16.5. The number of hydrogen-bond donors (Lipinski definition) is 1. The summed E-state index contributed by atoms with van der Waals surface area (Å²) in [5.74, 6) is 0.928. The zero-order valence-corrected chi connectivity index (χ0v) is 13.7. The van der Waals surface area contributed by atoms with E-state index in [4.69, 9.17) is 4.74 Å². The van der Waals surface area contributed by atoms with Crippen LogP contribution in [0.4, 0.5) is 0 Å². The predicted molar refractivity (Wildman–Crippen MR) is 90.1 cm³/mol. The van der Waals surface area contributed by atoms with Gasteiger partial charge in [-0.15, -0.1) is 0 Å². The molecule has 0 saturated heterocycles. The van der Waals surface area contributed by atoms with Crippen molar-refractivity contribution in [3.63, 3.8) is 0 Å². The Labute approximate surface area is 133 Å². The quantitative estimate of drug-likeness (QED) is 0.683. The van der Waals surface area contributed by atoms with Gasteiger partial charge >= 0.3 is 0 Å². The molecule has 0 spiro atoms. The third-order valence-electron chi connectivity index (χ3n) is 3.60. The second-order valence-electron chi connectivity index (χ2n) is 6.27. The molecule has 4 heteroatoms. The molecule has 1 N–H and O–H groups in total. The zero-order valence-electron chi connectivity index (χ0n) is 13.7. The van der Waals surface area contributed by atoms with E-state index >= 15 is 0 Å². The SMILES string of the molecule is CC(C)(COc1ccccc1)NCCCCCn1ccnc1. The van der Waals surface area contributed by atoms with Gasteiger partial charge in [-0.3, -0.25) is 0 Å². The van der Waals surface area contributed by atoms with E-state index in [9.17, 15) is 0 Å². The number of para-hydroxylation sites is 1. The number of hydrogen-bond acceptors (Lipinski definition) is 3. The van der Waals surface area contributed by atoms with Gasteiger partial charge in [0.05, 0.1) is 6.33 Å². The molecule has 0 aliphatic rings. The van der Waals surface area contributed by atoms with Gasteiger partial charge in [-0.1, -0.05) is 24.6 Å². The summed E-state index contributed by atoms with van der Waals surface area (Å²) in [5, 5.41) is 3.58. The second-order valence-corrected chi connectivity index (χ2v) is 6.27. The van der Waals surface area contributed by atoms with Gasteiger partial charge in [-0.2, -0.15) is 0 Å². The first-order valence-electron chi connectivity index (χ1n) is 8.04. The number of aromatic nitrogens is 2. The average molecular weight is 301 g/mol. The minimum absolute atomic E-state index is 0.0137. The Balaban J connectivity index is 1.55. The molecule has 1 heterocycles. The largest absolute Gasteiger partial charge is 0.492 e. The molecule has 22 heavy (non-hydrogen) atoms. The van der Waals surface area contributed by atoms with Crippen LogP contribution in [0.2, 0.25) is 0 Å². The van der Waals surface area contributed by atoms with Crippen LogP contribution < -0.4 is 10.1 Å². The summed E-state index contributed by atoms with van der Waals surface area (Å²) in [7, 11) is 0. The topological polar surface area (TPSA) is 39.1 Å². The van der Waals surface area contributed by atoms with Crippen molar-refractivity contribution in [1.29, 1.82) is 0 Å². The van der Waals surface area contributed by atoms with Crippen molar-refractivity contribution >= 4 is 0 Å². The fourth-order valence-corrected chi connectivity index (χ4v) is 2.27. The molecule has 0 bridgehead atoms. The Hall–Kier alpha value is -1.81. The number of nitrogens with zero attached hydrogens (tertiary/aromatic N) is 2. The van der Waals surface area contributed by atoms with Crippen LogP contribution in [-0.4, -0.2) is 28.2 Å². The fourth-order valence-electron chi connectivity index (χ4n) is 2.27. The van der Waals surface area contributed by atoms with E-state index in [-0.39, 0.29) is 5.54 Å². The molecule has 1 aromatic carbocycles. The fraction of sp³-hybridized carbons (Fsp3) is 0.500. The highest BCUT2D eigenvalue weighted by molar-refractivity contribution is 5.21. The van der Waals surface area contributed by atoms with Crippen molar-refractivity contribution in [1.82, 2.24) is 14.9 Å². The molecule has 2 aromatic rings. The molecular formula is C18H27N3O. The molecule has 4 nitrogen and oxygen atoms in total. The van der Waals surface area contributed by atoms with Crippen LogP contribution in [0.3, 0.4) is 0 Å². The van der Waals surface area contributed by atoms with E-state index in [0.29, 0.717) is 6.61 Å². The summed E-state index contributed by atoms with van der Waals surface area (Å²) < 4.78 is 7.96. The average Bonchev–Trinajstić information content (AvgIpc) is 3.03. The first kappa shape index (κ1) is 16.6. The summed E-state index contributed by atoms with van der Waals surface area (Å²) in [6.07, 6.45) is 9.32. The third kappa shape index (κ3) is 6.31. The maximum atomic E-state index is 5.83. The predicted octanol–water partition coefficient (Wildman–Crippen LogP) is 3.50. The van der Waals surface area contributed by atoms with Crippen molar-refractivity contribution in [2.24, 2.45) is 0 Å². The van der Waals surface area contributed by atoms with E-state index in [1.165, 1.54) is 19.3 Å². The summed E-state index contributed by atoms with van der Waals surface area (Å²) in [4.78, 5) is 4.05. The van der Waals surface area contributed by atoms with E-state index in [0.717, 1.165) is 18.8 Å². The summed E-state index contributed by atoms with van der Waals surface area (Å²) in [6.45, 7) is 7.12. The zero-order chi connectivity index (χ0) is 15.7. The number of aryl methyl sites for hydroxylation is 1. The lowest BCUT2D eigenvalue weighted by Crippen LogP contribution is -2.45. The van der Waals surface area contributed by atoms with Crippen molar-refractivity contribution in [2.75, 3.05) is 13.2 Å². The van der Waals surface area contributed by atoms with Gasteiger partial charge in [-0.25, -0.2) is 4.98 Å². The minimum Gasteiger partial charge on any atom is -0.492 e. The molecule has 0 aliphatic carbocycles. The highest BCUT2D eigenvalue weighted by Crippen LogP contribution is 2.12. The molecule has 0 radical (unpaired) electrons. The Kier molecular flexibility index (Phi) is 6.46. The maximum Gasteiger partial charge on any atom is 0.119 e. The van der Waals surface area contributed by atoms with Crippen molar-refractivity contribution < 1.29 is 4.74 Å². The number of ether oxygens (including phenoxy) is 1. The normalized spacial score (nSPS) is 11.5. The van der Waals surface area contributed by atoms with Gasteiger partial charge in [0.25, 0.3) is 0 Å². The number of benzene rings is 1. The van der Waals surface area contributed by atoms with Crippen LogP contribution in [0.15, 0.2) is 49.1 Å². The van der Waals surface area contributed by atoms with Gasteiger partial charge in [-0.05, 0) is 45.4 Å². The summed E-state index contributed by atoms with van der Waals surface area (Å²) in [6, 6.07) is 9.98. The number of unbranched alkanes of at least 4 members (excludes halogenated alkanes) is 2.